The second-order valence-electron chi connectivity index (χ2n) is 4.66. The van der Waals surface area contributed by atoms with Crippen LogP contribution in [0.4, 0.5) is 4.39 Å². The van der Waals surface area contributed by atoms with Crippen LogP contribution in [0.3, 0.4) is 0 Å². The third kappa shape index (κ3) is 3.91. The van der Waals surface area contributed by atoms with Crippen LogP contribution < -0.4 is 5.32 Å². The van der Waals surface area contributed by atoms with Crippen molar-refractivity contribution in [2.45, 2.75) is 26.3 Å². The van der Waals surface area contributed by atoms with Gasteiger partial charge in [-0.1, -0.05) is 28.9 Å². The molecule has 1 unspecified atom stereocenters. The van der Waals surface area contributed by atoms with Crippen LogP contribution in [0.2, 0.25) is 0 Å². The molecule has 0 bridgehead atoms. The highest BCUT2D eigenvalue weighted by atomic mass is 79.9. The van der Waals surface area contributed by atoms with Crippen molar-refractivity contribution in [1.29, 1.82) is 0 Å². The molecular weight excluding hydrogens is 405 g/mol. The van der Waals surface area contributed by atoms with E-state index in [0.717, 1.165) is 23.0 Å². The Morgan fingerprint density at radius 3 is 2.60 bits per heavy atom. The summed E-state index contributed by atoms with van der Waals surface area (Å²) in [5.41, 5.74) is 2.37. The normalized spacial score (nSPS) is 12.7. The molecule has 0 aliphatic carbocycles. The lowest BCUT2D eigenvalue weighted by molar-refractivity contribution is 0.555. The van der Waals surface area contributed by atoms with Gasteiger partial charge < -0.3 is 5.32 Å². The summed E-state index contributed by atoms with van der Waals surface area (Å²) < 4.78 is 15.2. The lowest BCUT2D eigenvalue weighted by atomic mass is 10.0. The fraction of sp³-hybridized carbons (Fsp3) is 0.333. The maximum Gasteiger partial charge on any atom is 0.124 e. The highest BCUT2D eigenvalue weighted by Crippen LogP contribution is 2.33. The Balaban J connectivity index is 2.25. The minimum absolute atomic E-state index is 0.213. The summed E-state index contributed by atoms with van der Waals surface area (Å²) >= 11 is 8.78. The van der Waals surface area contributed by atoms with Crippen LogP contribution in [-0.2, 0) is 6.42 Å². The molecule has 20 heavy (non-hydrogen) atoms. The van der Waals surface area contributed by atoms with Crippen molar-refractivity contribution < 1.29 is 4.39 Å². The largest absolute Gasteiger partial charge is 0.309 e. The van der Waals surface area contributed by atoms with E-state index >= 15 is 0 Å². The predicted octanol–water partition coefficient (Wildman–Crippen LogP) is 5.61. The molecule has 0 saturated carbocycles. The molecule has 5 heteroatoms. The minimum Gasteiger partial charge on any atom is -0.309 e. The van der Waals surface area contributed by atoms with Crippen molar-refractivity contribution in [3.63, 3.8) is 0 Å². The van der Waals surface area contributed by atoms with Crippen molar-refractivity contribution in [3.8, 4) is 0 Å². The average Bonchev–Trinajstić information content (AvgIpc) is 2.72. The quantitative estimate of drug-likeness (QED) is 0.662. The van der Waals surface area contributed by atoms with Crippen LogP contribution in [-0.4, -0.2) is 6.54 Å². The molecule has 1 nitrogen and oxygen atoms in total. The van der Waals surface area contributed by atoms with Crippen LogP contribution in [0.5, 0.6) is 0 Å². The number of nitrogens with one attached hydrogen (secondary N) is 1. The Hall–Kier alpha value is -0.230. The second kappa shape index (κ2) is 7.16. The van der Waals surface area contributed by atoms with Crippen LogP contribution in [0.1, 0.15) is 29.0 Å². The van der Waals surface area contributed by atoms with Crippen LogP contribution in [0.15, 0.2) is 32.5 Å². The van der Waals surface area contributed by atoms with E-state index < -0.39 is 0 Å². The summed E-state index contributed by atoms with van der Waals surface area (Å²) in [5, 5.41) is 3.50. The van der Waals surface area contributed by atoms with Gasteiger partial charge in [0.25, 0.3) is 0 Å². The van der Waals surface area contributed by atoms with E-state index in [0.29, 0.717) is 0 Å². The Morgan fingerprint density at radius 2 is 2.05 bits per heavy atom. The van der Waals surface area contributed by atoms with Gasteiger partial charge in [0, 0.05) is 15.4 Å². The summed E-state index contributed by atoms with van der Waals surface area (Å²) in [6.07, 6.45) is 0.834. The number of hydrogen-bond acceptors (Lipinski definition) is 2. The number of aryl methyl sites for hydroxylation is 1. The molecule has 0 radical (unpaired) electrons. The van der Waals surface area contributed by atoms with E-state index in [2.05, 4.69) is 57.1 Å². The zero-order valence-corrected chi connectivity index (χ0v) is 15.3. The van der Waals surface area contributed by atoms with Gasteiger partial charge in [-0.05, 0) is 65.1 Å². The Labute approximate surface area is 139 Å². The van der Waals surface area contributed by atoms with Gasteiger partial charge in [-0.25, -0.2) is 4.39 Å². The van der Waals surface area contributed by atoms with Gasteiger partial charge in [-0.2, -0.15) is 0 Å². The van der Waals surface area contributed by atoms with Crippen molar-refractivity contribution in [2.75, 3.05) is 6.54 Å². The molecule has 0 spiro atoms. The van der Waals surface area contributed by atoms with Crippen molar-refractivity contribution in [2.24, 2.45) is 0 Å². The molecule has 1 heterocycles. The first-order valence-electron chi connectivity index (χ1n) is 6.44. The minimum atomic E-state index is -0.213. The number of benzene rings is 1. The molecule has 0 fully saturated rings. The fourth-order valence-electron chi connectivity index (χ4n) is 2.08. The van der Waals surface area contributed by atoms with E-state index in [1.807, 2.05) is 6.07 Å². The topological polar surface area (TPSA) is 12.0 Å². The third-order valence-electron chi connectivity index (χ3n) is 3.11. The Kier molecular flexibility index (Phi) is 5.78. The summed E-state index contributed by atoms with van der Waals surface area (Å²) in [6.45, 7) is 5.10. The summed E-state index contributed by atoms with van der Waals surface area (Å²) in [6, 6.07) is 7.34. The maximum atomic E-state index is 13.2. The van der Waals surface area contributed by atoms with Crippen LogP contribution in [0.25, 0.3) is 0 Å². The Bertz CT molecular complexity index is 578. The number of likely N-dealkylation sites (N-methyl/N-ethyl adjacent to an activating group) is 1. The molecule has 0 aliphatic rings. The number of rotatable bonds is 5. The van der Waals surface area contributed by atoms with Gasteiger partial charge >= 0.3 is 0 Å². The highest BCUT2D eigenvalue weighted by Gasteiger charge is 2.16. The van der Waals surface area contributed by atoms with Gasteiger partial charge in [0.1, 0.15) is 5.82 Å². The third-order valence-corrected chi connectivity index (χ3v) is 6.10. The molecule has 1 aromatic heterocycles. The first kappa shape index (κ1) is 16.1. The molecule has 0 amide bonds. The highest BCUT2D eigenvalue weighted by molar-refractivity contribution is 9.11. The second-order valence-corrected chi connectivity index (χ2v) is 7.91. The van der Waals surface area contributed by atoms with Gasteiger partial charge in [-0.15, -0.1) is 11.3 Å². The number of halogens is 3. The molecule has 108 valence electrons. The van der Waals surface area contributed by atoms with E-state index in [-0.39, 0.29) is 11.9 Å². The zero-order valence-electron chi connectivity index (χ0n) is 11.3. The van der Waals surface area contributed by atoms with Gasteiger partial charge in [0.15, 0.2) is 0 Å². The fourth-order valence-corrected chi connectivity index (χ4v) is 4.24. The molecule has 1 aromatic carbocycles. The molecule has 2 aromatic rings. The van der Waals surface area contributed by atoms with E-state index in [4.69, 9.17) is 0 Å². The van der Waals surface area contributed by atoms with Crippen molar-refractivity contribution in [3.05, 3.63) is 54.3 Å². The monoisotopic (exact) mass is 419 g/mol. The molecule has 0 aliphatic heterocycles. The standard InChI is InChI=1S/C15H16Br2FNS/c1-3-19-13(14-6-9(2)15(17)20-14)7-10-4-5-11(18)8-12(10)16/h4-6,8,13,19H,3,7H2,1-2H3. The SMILES string of the molecule is CCNC(Cc1ccc(F)cc1Br)c1cc(C)c(Br)s1. The maximum absolute atomic E-state index is 13.2. The smallest absolute Gasteiger partial charge is 0.124 e. The predicted molar refractivity (Wildman–Crippen MR) is 91.0 cm³/mol. The number of thiophene rings is 1. The van der Waals surface area contributed by atoms with E-state index in [9.17, 15) is 4.39 Å². The summed E-state index contributed by atoms with van der Waals surface area (Å²) in [7, 11) is 0. The lowest BCUT2D eigenvalue weighted by Gasteiger charge is -2.17. The van der Waals surface area contributed by atoms with Crippen LogP contribution in [0, 0.1) is 12.7 Å². The Morgan fingerprint density at radius 1 is 1.30 bits per heavy atom. The molecule has 0 saturated heterocycles. The number of hydrogen-bond donors (Lipinski definition) is 1. The summed E-state index contributed by atoms with van der Waals surface area (Å²) in [5.74, 6) is -0.213. The molecule has 1 atom stereocenters. The van der Waals surface area contributed by atoms with Gasteiger partial charge in [0.2, 0.25) is 0 Å². The zero-order chi connectivity index (χ0) is 14.7. The van der Waals surface area contributed by atoms with Crippen LogP contribution >= 0.6 is 43.2 Å². The lowest BCUT2D eigenvalue weighted by Crippen LogP contribution is -2.22. The van der Waals surface area contributed by atoms with Crippen molar-refractivity contribution >= 4 is 43.2 Å². The molecule has 1 N–H and O–H groups in total. The van der Waals surface area contributed by atoms with Gasteiger partial charge in [0.05, 0.1) is 3.79 Å². The molecular formula is C15H16Br2FNS. The van der Waals surface area contributed by atoms with Gasteiger partial charge in [-0.3, -0.25) is 0 Å². The van der Waals surface area contributed by atoms with Crippen molar-refractivity contribution in [1.82, 2.24) is 5.32 Å². The molecule has 2 rings (SSSR count). The first-order valence-corrected chi connectivity index (χ1v) is 8.84. The van der Waals surface area contributed by atoms with E-state index in [1.54, 1.807) is 11.3 Å². The van der Waals surface area contributed by atoms with E-state index in [1.165, 1.54) is 26.4 Å². The summed E-state index contributed by atoms with van der Waals surface area (Å²) in [4.78, 5) is 1.30. The average molecular weight is 421 g/mol. The first-order chi connectivity index (χ1) is 9.51.